The molecule has 1 aromatic rings. The van der Waals surface area contributed by atoms with Crippen LogP contribution in [0.5, 0.6) is 5.75 Å². The van der Waals surface area contributed by atoms with Crippen molar-refractivity contribution in [1.82, 2.24) is 5.32 Å². The summed E-state index contributed by atoms with van der Waals surface area (Å²) >= 11 is 3.46. The van der Waals surface area contributed by atoms with Gasteiger partial charge in [0.1, 0.15) is 5.75 Å². The molecule has 0 aromatic heterocycles. The average molecular weight is 342 g/mol. The van der Waals surface area contributed by atoms with Crippen LogP contribution in [0.4, 0.5) is 0 Å². The highest BCUT2D eigenvalue weighted by Gasteiger charge is 2.21. The van der Waals surface area contributed by atoms with Gasteiger partial charge in [-0.25, -0.2) is 0 Å². The zero-order valence-corrected chi connectivity index (χ0v) is 13.5. The summed E-state index contributed by atoms with van der Waals surface area (Å²) in [6.07, 6.45) is 1.74. The molecule has 1 aliphatic rings. The number of amides is 1. The number of carbonyl (C=O) groups is 1. The first-order valence-electron chi connectivity index (χ1n) is 6.94. The monoisotopic (exact) mass is 341 g/mol. The minimum atomic E-state index is -0.0529. The van der Waals surface area contributed by atoms with Crippen LogP contribution in [0, 0.1) is 6.92 Å². The van der Waals surface area contributed by atoms with Crippen LogP contribution >= 0.6 is 15.9 Å². The van der Waals surface area contributed by atoms with Gasteiger partial charge < -0.3 is 14.8 Å². The van der Waals surface area contributed by atoms with Gasteiger partial charge in [-0.3, -0.25) is 4.79 Å². The number of rotatable bonds is 4. The molecule has 0 aliphatic carbocycles. The molecule has 0 atom stereocenters. The fourth-order valence-electron chi connectivity index (χ4n) is 2.35. The number of benzene rings is 1. The van der Waals surface area contributed by atoms with Gasteiger partial charge in [0.15, 0.2) is 0 Å². The van der Waals surface area contributed by atoms with Gasteiger partial charge in [-0.15, -0.1) is 0 Å². The molecule has 2 rings (SSSR count). The van der Waals surface area contributed by atoms with Crippen molar-refractivity contribution in [3.05, 3.63) is 27.7 Å². The second-order valence-electron chi connectivity index (χ2n) is 4.84. The van der Waals surface area contributed by atoms with Crippen molar-refractivity contribution in [2.45, 2.75) is 32.7 Å². The van der Waals surface area contributed by atoms with Crippen LogP contribution in [0.15, 0.2) is 16.6 Å². The predicted molar refractivity (Wildman–Crippen MR) is 81.4 cm³/mol. The van der Waals surface area contributed by atoms with E-state index >= 15 is 0 Å². The topological polar surface area (TPSA) is 47.6 Å². The summed E-state index contributed by atoms with van der Waals surface area (Å²) in [5, 5.41) is 3.08. The van der Waals surface area contributed by atoms with Gasteiger partial charge in [-0.05, 0) is 54.8 Å². The fraction of sp³-hybridized carbons (Fsp3) is 0.533. The summed E-state index contributed by atoms with van der Waals surface area (Å²) in [5.41, 5.74) is 1.52. The van der Waals surface area contributed by atoms with E-state index in [1.165, 1.54) is 0 Å². The maximum absolute atomic E-state index is 12.5. The standard InChI is InChI=1S/C15H20BrNO3/c1-3-20-13-5-4-12(16)14(10(13)2)15(18)17-11-6-8-19-9-7-11/h4-5,11H,3,6-9H2,1-2H3,(H,17,18). The van der Waals surface area contributed by atoms with Gasteiger partial charge in [0, 0.05) is 29.3 Å². The molecule has 0 bridgehead atoms. The summed E-state index contributed by atoms with van der Waals surface area (Å²) < 4.78 is 11.7. The summed E-state index contributed by atoms with van der Waals surface area (Å²) in [6.45, 7) is 5.86. The Morgan fingerprint density at radius 2 is 2.15 bits per heavy atom. The van der Waals surface area contributed by atoms with Crippen LogP contribution < -0.4 is 10.1 Å². The highest BCUT2D eigenvalue weighted by atomic mass is 79.9. The van der Waals surface area contributed by atoms with E-state index in [0.29, 0.717) is 25.4 Å². The van der Waals surface area contributed by atoms with Crippen LogP contribution in [0.2, 0.25) is 0 Å². The third kappa shape index (κ3) is 3.52. The molecule has 4 nitrogen and oxygen atoms in total. The first kappa shape index (κ1) is 15.3. The van der Waals surface area contributed by atoms with Gasteiger partial charge in [0.25, 0.3) is 5.91 Å². The molecular formula is C15H20BrNO3. The highest BCUT2D eigenvalue weighted by Crippen LogP contribution is 2.28. The van der Waals surface area contributed by atoms with E-state index in [-0.39, 0.29) is 11.9 Å². The smallest absolute Gasteiger partial charge is 0.253 e. The summed E-state index contributed by atoms with van der Waals surface area (Å²) in [5.74, 6) is 0.704. The number of hydrogen-bond donors (Lipinski definition) is 1. The molecule has 110 valence electrons. The molecule has 0 unspecified atom stereocenters. The highest BCUT2D eigenvalue weighted by molar-refractivity contribution is 9.10. The first-order chi connectivity index (χ1) is 9.63. The Kier molecular flexibility index (Phi) is 5.43. The van der Waals surface area contributed by atoms with E-state index in [9.17, 15) is 4.79 Å². The van der Waals surface area contributed by atoms with Crippen LogP contribution in [0.1, 0.15) is 35.7 Å². The Labute approximate surface area is 128 Å². The Morgan fingerprint density at radius 1 is 1.45 bits per heavy atom. The molecule has 5 heteroatoms. The fourth-order valence-corrected chi connectivity index (χ4v) is 2.96. The van der Waals surface area contributed by atoms with E-state index in [0.717, 1.165) is 28.6 Å². The van der Waals surface area contributed by atoms with Gasteiger partial charge in [0.2, 0.25) is 0 Å². The minimum absolute atomic E-state index is 0.0529. The van der Waals surface area contributed by atoms with E-state index in [2.05, 4.69) is 21.2 Å². The minimum Gasteiger partial charge on any atom is -0.494 e. The number of ether oxygens (including phenoxy) is 2. The number of halogens is 1. The summed E-state index contributed by atoms with van der Waals surface area (Å²) in [4.78, 5) is 12.5. The van der Waals surface area contributed by atoms with E-state index in [1.54, 1.807) is 0 Å². The molecule has 1 N–H and O–H groups in total. The molecule has 1 fully saturated rings. The second kappa shape index (κ2) is 7.09. The van der Waals surface area contributed by atoms with Crippen molar-refractivity contribution >= 4 is 21.8 Å². The quantitative estimate of drug-likeness (QED) is 0.915. The second-order valence-corrected chi connectivity index (χ2v) is 5.69. The molecule has 0 radical (unpaired) electrons. The molecule has 1 aliphatic heterocycles. The number of nitrogens with one attached hydrogen (secondary N) is 1. The van der Waals surface area contributed by atoms with Crippen LogP contribution in [-0.2, 0) is 4.74 Å². The third-order valence-corrected chi connectivity index (χ3v) is 4.11. The van der Waals surface area contributed by atoms with Gasteiger partial charge in [-0.2, -0.15) is 0 Å². The van der Waals surface area contributed by atoms with Gasteiger partial charge in [-0.1, -0.05) is 0 Å². The zero-order chi connectivity index (χ0) is 14.5. The average Bonchev–Trinajstić information content (AvgIpc) is 2.43. The maximum Gasteiger partial charge on any atom is 0.253 e. The lowest BCUT2D eigenvalue weighted by Crippen LogP contribution is -2.39. The summed E-state index contributed by atoms with van der Waals surface area (Å²) in [6, 6.07) is 3.93. The molecule has 1 amide bonds. The lowest BCUT2D eigenvalue weighted by molar-refractivity contribution is 0.0695. The molecule has 1 heterocycles. The van der Waals surface area contributed by atoms with E-state index in [1.807, 2.05) is 26.0 Å². The molecule has 20 heavy (non-hydrogen) atoms. The van der Waals surface area contributed by atoms with Crippen LogP contribution in [0.3, 0.4) is 0 Å². The largest absolute Gasteiger partial charge is 0.494 e. The van der Waals surface area contributed by atoms with Crippen molar-refractivity contribution in [3.8, 4) is 5.75 Å². The number of carbonyl (C=O) groups excluding carboxylic acids is 1. The van der Waals surface area contributed by atoms with Crippen LogP contribution in [0.25, 0.3) is 0 Å². The molecular weight excluding hydrogens is 322 g/mol. The molecule has 0 saturated carbocycles. The Hall–Kier alpha value is -1.07. The first-order valence-corrected chi connectivity index (χ1v) is 7.73. The van der Waals surface area contributed by atoms with Crippen LogP contribution in [-0.4, -0.2) is 31.8 Å². The Morgan fingerprint density at radius 3 is 2.80 bits per heavy atom. The Balaban J connectivity index is 2.17. The lowest BCUT2D eigenvalue weighted by Gasteiger charge is -2.24. The van der Waals surface area contributed by atoms with E-state index < -0.39 is 0 Å². The molecule has 1 aromatic carbocycles. The normalized spacial score (nSPS) is 15.9. The van der Waals surface area contributed by atoms with Crippen molar-refractivity contribution in [1.29, 1.82) is 0 Å². The third-order valence-electron chi connectivity index (χ3n) is 3.45. The van der Waals surface area contributed by atoms with Crippen molar-refractivity contribution < 1.29 is 14.3 Å². The van der Waals surface area contributed by atoms with Crippen molar-refractivity contribution in [2.24, 2.45) is 0 Å². The Bertz CT molecular complexity index is 484. The summed E-state index contributed by atoms with van der Waals surface area (Å²) in [7, 11) is 0. The zero-order valence-electron chi connectivity index (χ0n) is 11.9. The lowest BCUT2D eigenvalue weighted by atomic mass is 10.0. The van der Waals surface area contributed by atoms with E-state index in [4.69, 9.17) is 9.47 Å². The van der Waals surface area contributed by atoms with Gasteiger partial charge in [0.05, 0.1) is 12.2 Å². The van der Waals surface area contributed by atoms with Crippen molar-refractivity contribution in [2.75, 3.05) is 19.8 Å². The number of hydrogen-bond acceptors (Lipinski definition) is 3. The maximum atomic E-state index is 12.5. The predicted octanol–water partition coefficient (Wildman–Crippen LogP) is 3.07. The molecule has 1 saturated heterocycles. The van der Waals surface area contributed by atoms with Crippen molar-refractivity contribution in [3.63, 3.8) is 0 Å². The van der Waals surface area contributed by atoms with Gasteiger partial charge >= 0.3 is 0 Å². The SMILES string of the molecule is CCOc1ccc(Br)c(C(=O)NC2CCOCC2)c1C. The molecule has 0 spiro atoms.